The molecule has 2 N–H and O–H groups in total. The van der Waals surface area contributed by atoms with E-state index in [4.69, 9.17) is 9.47 Å². The lowest BCUT2D eigenvalue weighted by Gasteiger charge is -2.25. The van der Waals surface area contributed by atoms with Gasteiger partial charge < -0.3 is 20.1 Å². The lowest BCUT2D eigenvalue weighted by Crippen LogP contribution is -2.49. The molecule has 0 aliphatic carbocycles. The van der Waals surface area contributed by atoms with Crippen molar-refractivity contribution in [2.45, 2.75) is 32.0 Å². The molecule has 1 saturated heterocycles. The molecule has 0 bridgehead atoms. The molecule has 0 aromatic heterocycles. The van der Waals surface area contributed by atoms with Gasteiger partial charge in [-0.15, -0.1) is 0 Å². The molecule has 2 heterocycles. The summed E-state index contributed by atoms with van der Waals surface area (Å²) in [5, 5.41) is 5.49. The van der Waals surface area contributed by atoms with Crippen molar-refractivity contribution in [1.29, 1.82) is 0 Å². The molecule has 0 spiro atoms. The van der Waals surface area contributed by atoms with Gasteiger partial charge in [0.2, 0.25) is 12.7 Å². The standard InChI is InChI=1S/C21H20BrN3O5/c1-12(18(26)23-10-13-7-8-16-17(9-13)30-11-29-16)25-19(27)21(2,24-20(25)28)14-5-3-4-6-15(14)22/h3-9,12H,10-11H2,1-2H3,(H,23,26)(H,24,28)/t12-,21+/m0/s1. The number of carbonyl (C=O) groups excluding carboxylic acids is 3. The number of rotatable bonds is 5. The van der Waals surface area contributed by atoms with Crippen LogP contribution in [0.25, 0.3) is 0 Å². The minimum atomic E-state index is -1.26. The lowest BCUT2D eigenvalue weighted by molar-refractivity contribution is -0.137. The van der Waals surface area contributed by atoms with Crippen LogP contribution in [0.1, 0.15) is 25.0 Å². The van der Waals surface area contributed by atoms with Crippen molar-refractivity contribution in [3.8, 4) is 11.5 Å². The third-order valence-electron chi connectivity index (χ3n) is 5.31. The van der Waals surface area contributed by atoms with Crippen LogP contribution in [-0.4, -0.2) is 35.6 Å². The minimum absolute atomic E-state index is 0.171. The van der Waals surface area contributed by atoms with Gasteiger partial charge in [-0.2, -0.15) is 0 Å². The largest absolute Gasteiger partial charge is 0.454 e. The van der Waals surface area contributed by atoms with E-state index in [2.05, 4.69) is 26.6 Å². The van der Waals surface area contributed by atoms with E-state index in [1.165, 1.54) is 6.92 Å². The van der Waals surface area contributed by atoms with E-state index in [-0.39, 0.29) is 13.3 Å². The summed E-state index contributed by atoms with van der Waals surface area (Å²) < 4.78 is 11.3. The zero-order chi connectivity index (χ0) is 21.5. The van der Waals surface area contributed by atoms with Crippen LogP contribution in [0.3, 0.4) is 0 Å². The molecule has 0 saturated carbocycles. The van der Waals surface area contributed by atoms with E-state index in [1.807, 2.05) is 12.1 Å². The second-order valence-corrected chi connectivity index (χ2v) is 8.15. The predicted octanol–water partition coefficient (Wildman–Crippen LogP) is 2.65. The zero-order valence-corrected chi connectivity index (χ0v) is 18.0. The summed E-state index contributed by atoms with van der Waals surface area (Å²) in [6.07, 6.45) is 0. The molecule has 8 nitrogen and oxygen atoms in total. The summed E-state index contributed by atoms with van der Waals surface area (Å²) >= 11 is 3.43. The Morgan fingerprint density at radius 3 is 2.73 bits per heavy atom. The first-order chi connectivity index (χ1) is 14.3. The Labute approximate surface area is 181 Å². The number of hydrogen-bond acceptors (Lipinski definition) is 5. The highest BCUT2D eigenvalue weighted by molar-refractivity contribution is 9.10. The van der Waals surface area contributed by atoms with E-state index in [0.29, 0.717) is 21.5 Å². The number of hydrogen-bond donors (Lipinski definition) is 2. The van der Waals surface area contributed by atoms with E-state index in [9.17, 15) is 14.4 Å². The molecule has 2 atom stereocenters. The normalized spacial score (nSPS) is 20.8. The minimum Gasteiger partial charge on any atom is -0.454 e. The molecule has 156 valence electrons. The highest BCUT2D eigenvalue weighted by Crippen LogP contribution is 2.35. The average molecular weight is 474 g/mol. The van der Waals surface area contributed by atoms with E-state index in [0.717, 1.165) is 10.5 Å². The second kappa shape index (κ2) is 7.64. The first-order valence-corrected chi connectivity index (χ1v) is 10.2. The van der Waals surface area contributed by atoms with Crippen molar-refractivity contribution in [3.63, 3.8) is 0 Å². The highest BCUT2D eigenvalue weighted by Gasteiger charge is 2.52. The molecule has 0 radical (unpaired) electrons. The van der Waals surface area contributed by atoms with E-state index >= 15 is 0 Å². The molecule has 4 rings (SSSR count). The first-order valence-electron chi connectivity index (χ1n) is 9.38. The quantitative estimate of drug-likeness (QED) is 0.650. The summed E-state index contributed by atoms with van der Waals surface area (Å²) in [6, 6.07) is 11.0. The fourth-order valence-electron chi connectivity index (χ4n) is 3.57. The molecule has 4 amide bonds. The maximum absolute atomic E-state index is 13.1. The number of urea groups is 1. The van der Waals surface area contributed by atoms with Crippen LogP contribution >= 0.6 is 15.9 Å². The molecular formula is C21H20BrN3O5. The number of fused-ring (bicyclic) bond motifs is 1. The Morgan fingerprint density at radius 2 is 1.97 bits per heavy atom. The number of amides is 4. The second-order valence-electron chi connectivity index (χ2n) is 7.29. The molecule has 9 heteroatoms. The van der Waals surface area contributed by atoms with Gasteiger partial charge in [0.05, 0.1) is 0 Å². The lowest BCUT2D eigenvalue weighted by atomic mass is 9.92. The van der Waals surface area contributed by atoms with Gasteiger partial charge in [-0.05, 0) is 37.6 Å². The molecule has 0 unspecified atom stereocenters. The maximum Gasteiger partial charge on any atom is 0.326 e. The van der Waals surface area contributed by atoms with Crippen LogP contribution in [0.2, 0.25) is 0 Å². The van der Waals surface area contributed by atoms with Crippen LogP contribution in [0.4, 0.5) is 4.79 Å². The SMILES string of the molecule is C[C@@H](C(=O)NCc1ccc2c(c1)OCO2)N1C(=O)N[C@](C)(c2ccccc2Br)C1=O. The van der Waals surface area contributed by atoms with Gasteiger partial charge in [0, 0.05) is 16.6 Å². The Bertz CT molecular complexity index is 1040. The van der Waals surface area contributed by atoms with Gasteiger partial charge in [-0.1, -0.05) is 40.2 Å². The molecule has 2 aliphatic rings. The van der Waals surface area contributed by atoms with Crippen LogP contribution in [0, 0.1) is 0 Å². The number of benzene rings is 2. The molecule has 2 aliphatic heterocycles. The zero-order valence-electron chi connectivity index (χ0n) is 16.4. The summed E-state index contributed by atoms with van der Waals surface area (Å²) in [7, 11) is 0. The Morgan fingerprint density at radius 1 is 1.23 bits per heavy atom. The molecule has 2 aromatic carbocycles. The number of halogens is 1. The van der Waals surface area contributed by atoms with Crippen LogP contribution in [0.15, 0.2) is 46.9 Å². The van der Waals surface area contributed by atoms with Crippen molar-refractivity contribution >= 4 is 33.8 Å². The van der Waals surface area contributed by atoms with Gasteiger partial charge in [-0.25, -0.2) is 9.69 Å². The predicted molar refractivity (Wildman–Crippen MR) is 111 cm³/mol. The van der Waals surface area contributed by atoms with Crippen LogP contribution in [0.5, 0.6) is 11.5 Å². The van der Waals surface area contributed by atoms with E-state index in [1.54, 1.807) is 37.3 Å². The monoisotopic (exact) mass is 473 g/mol. The molecule has 1 fully saturated rings. The molecular weight excluding hydrogens is 454 g/mol. The van der Waals surface area contributed by atoms with Crippen molar-refractivity contribution in [2.24, 2.45) is 0 Å². The van der Waals surface area contributed by atoms with Crippen molar-refractivity contribution in [1.82, 2.24) is 15.5 Å². The summed E-state index contributed by atoms with van der Waals surface area (Å²) in [5.74, 6) is 0.356. The van der Waals surface area contributed by atoms with Gasteiger partial charge >= 0.3 is 6.03 Å². The number of imide groups is 1. The van der Waals surface area contributed by atoms with E-state index < -0.39 is 29.4 Å². The topological polar surface area (TPSA) is 97.0 Å². The number of nitrogens with one attached hydrogen (secondary N) is 2. The summed E-state index contributed by atoms with van der Waals surface area (Å²) in [4.78, 5) is 39.4. The number of ether oxygens (including phenoxy) is 2. The third kappa shape index (κ3) is 3.39. The van der Waals surface area contributed by atoms with Gasteiger partial charge in [0.25, 0.3) is 5.91 Å². The van der Waals surface area contributed by atoms with Gasteiger partial charge in [0.1, 0.15) is 11.6 Å². The van der Waals surface area contributed by atoms with Gasteiger partial charge in [0.15, 0.2) is 11.5 Å². The van der Waals surface area contributed by atoms with Crippen molar-refractivity contribution < 1.29 is 23.9 Å². The van der Waals surface area contributed by atoms with Gasteiger partial charge in [-0.3, -0.25) is 9.59 Å². The Hall–Kier alpha value is -3.07. The maximum atomic E-state index is 13.1. The summed E-state index contributed by atoms with van der Waals surface area (Å²) in [6.45, 7) is 3.55. The third-order valence-corrected chi connectivity index (χ3v) is 6.00. The molecule has 30 heavy (non-hydrogen) atoms. The fraction of sp³-hybridized carbons (Fsp3) is 0.286. The Balaban J connectivity index is 1.46. The summed E-state index contributed by atoms with van der Waals surface area (Å²) in [5.41, 5.74) is 0.178. The molecule has 2 aromatic rings. The average Bonchev–Trinajstić information content (AvgIpc) is 3.28. The van der Waals surface area contributed by atoms with Crippen molar-refractivity contribution in [2.75, 3.05) is 6.79 Å². The highest BCUT2D eigenvalue weighted by atomic mass is 79.9. The first kappa shape index (κ1) is 20.2. The van der Waals surface area contributed by atoms with Crippen LogP contribution in [-0.2, 0) is 21.7 Å². The Kier molecular flexibility index (Phi) is 5.15. The van der Waals surface area contributed by atoms with Crippen molar-refractivity contribution in [3.05, 3.63) is 58.1 Å². The fourth-order valence-corrected chi connectivity index (χ4v) is 4.25. The number of carbonyl (C=O) groups is 3. The number of nitrogens with zero attached hydrogens (tertiary/aromatic N) is 1. The van der Waals surface area contributed by atoms with Crippen LogP contribution < -0.4 is 20.1 Å². The smallest absolute Gasteiger partial charge is 0.326 e.